The first kappa shape index (κ1) is 15.2. The molecule has 5 heteroatoms. The van der Waals surface area contributed by atoms with Gasteiger partial charge >= 0.3 is 0 Å². The van der Waals surface area contributed by atoms with Crippen LogP contribution in [0.4, 0.5) is 4.39 Å². The Hall–Kier alpha value is -1.75. The molecule has 1 aromatic carbocycles. The molecule has 2 aromatic rings. The van der Waals surface area contributed by atoms with Crippen LogP contribution < -0.4 is 0 Å². The Labute approximate surface area is 130 Å². The van der Waals surface area contributed by atoms with Crippen LogP contribution in [-0.2, 0) is 13.0 Å². The van der Waals surface area contributed by atoms with E-state index in [1.807, 2.05) is 19.1 Å². The zero-order chi connectivity index (χ0) is 15.4. The van der Waals surface area contributed by atoms with Crippen molar-refractivity contribution in [1.82, 2.24) is 15.0 Å². The maximum absolute atomic E-state index is 12.9. The first-order chi connectivity index (χ1) is 10.7. The molecule has 0 unspecified atom stereocenters. The van der Waals surface area contributed by atoms with E-state index in [1.54, 1.807) is 12.1 Å². The Morgan fingerprint density at radius 1 is 1.32 bits per heavy atom. The van der Waals surface area contributed by atoms with E-state index >= 15 is 0 Å². The monoisotopic (exact) mass is 303 g/mol. The minimum Gasteiger partial charge on any atom is -0.340 e. The lowest BCUT2D eigenvalue weighted by Gasteiger charge is -2.31. The molecule has 1 fully saturated rings. The Morgan fingerprint density at radius 3 is 2.86 bits per heavy atom. The summed E-state index contributed by atoms with van der Waals surface area (Å²) in [5.41, 5.74) is 1.22. The largest absolute Gasteiger partial charge is 0.340 e. The number of piperidine rings is 1. The van der Waals surface area contributed by atoms with Crippen LogP contribution in [0.5, 0.6) is 0 Å². The molecule has 22 heavy (non-hydrogen) atoms. The van der Waals surface area contributed by atoms with Crippen molar-refractivity contribution >= 4 is 0 Å². The summed E-state index contributed by atoms with van der Waals surface area (Å²) in [5.74, 6) is 1.92. The Bertz CT molecular complexity index is 596. The van der Waals surface area contributed by atoms with Gasteiger partial charge in [0, 0.05) is 13.5 Å². The van der Waals surface area contributed by atoms with Crippen LogP contribution in [-0.4, -0.2) is 28.1 Å². The van der Waals surface area contributed by atoms with Gasteiger partial charge in [-0.3, -0.25) is 4.90 Å². The topological polar surface area (TPSA) is 42.2 Å². The lowest BCUT2D eigenvalue weighted by Crippen LogP contribution is -2.35. The molecule has 118 valence electrons. The van der Waals surface area contributed by atoms with Gasteiger partial charge in [0.1, 0.15) is 5.82 Å². The van der Waals surface area contributed by atoms with Crippen molar-refractivity contribution in [2.75, 3.05) is 13.1 Å². The lowest BCUT2D eigenvalue weighted by molar-refractivity contribution is 0.157. The molecule has 0 bridgehead atoms. The first-order valence-corrected chi connectivity index (χ1v) is 7.95. The minimum absolute atomic E-state index is 0.164. The summed E-state index contributed by atoms with van der Waals surface area (Å²) in [6.07, 6.45) is 4.64. The molecule has 0 spiro atoms. The second-order valence-electron chi connectivity index (χ2n) is 6.14. The summed E-state index contributed by atoms with van der Waals surface area (Å²) < 4.78 is 17.9. The van der Waals surface area contributed by atoms with Crippen LogP contribution in [0.15, 0.2) is 28.8 Å². The summed E-state index contributed by atoms with van der Waals surface area (Å²) in [6, 6.07) is 6.86. The first-order valence-electron chi connectivity index (χ1n) is 7.95. The molecule has 1 atom stereocenters. The number of hydrogen-bond acceptors (Lipinski definition) is 4. The second-order valence-corrected chi connectivity index (χ2v) is 6.14. The molecule has 2 heterocycles. The number of halogens is 1. The molecule has 4 nitrogen and oxygen atoms in total. The molecule has 1 aliphatic rings. The Balaban J connectivity index is 1.49. The van der Waals surface area contributed by atoms with Crippen LogP contribution in [0.2, 0.25) is 0 Å². The predicted octanol–water partition coefficient (Wildman–Crippen LogP) is 3.36. The fourth-order valence-corrected chi connectivity index (χ4v) is 3.16. The van der Waals surface area contributed by atoms with E-state index < -0.39 is 0 Å². The summed E-state index contributed by atoms with van der Waals surface area (Å²) in [5, 5.41) is 3.97. The number of aromatic nitrogens is 2. The van der Waals surface area contributed by atoms with Crippen LogP contribution >= 0.6 is 0 Å². The van der Waals surface area contributed by atoms with Gasteiger partial charge in [0.2, 0.25) is 5.89 Å². The molecule has 0 saturated carbocycles. The lowest BCUT2D eigenvalue weighted by atomic mass is 9.91. The van der Waals surface area contributed by atoms with Gasteiger partial charge in [0.25, 0.3) is 0 Å². The van der Waals surface area contributed by atoms with E-state index in [2.05, 4.69) is 15.0 Å². The van der Waals surface area contributed by atoms with Gasteiger partial charge in [-0.2, -0.15) is 4.98 Å². The van der Waals surface area contributed by atoms with Crippen LogP contribution in [0.3, 0.4) is 0 Å². The Morgan fingerprint density at radius 2 is 2.14 bits per heavy atom. The fraction of sp³-hybridized carbons (Fsp3) is 0.529. The third kappa shape index (κ3) is 4.13. The number of aryl methyl sites for hydroxylation is 2. The maximum atomic E-state index is 12.9. The number of benzene rings is 1. The van der Waals surface area contributed by atoms with Crippen LogP contribution in [0.1, 0.15) is 36.5 Å². The van der Waals surface area contributed by atoms with Crippen molar-refractivity contribution in [1.29, 1.82) is 0 Å². The number of rotatable bonds is 5. The molecular formula is C17H22FN3O. The molecule has 0 N–H and O–H groups in total. The van der Waals surface area contributed by atoms with E-state index in [0.717, 1.165) is 38.3 Å². The standard InChI is InChI=1S/C17H22FN3O/c1-13-19-17(20-22-13)12-21-10-2-3-15(11-21)5-4-14-6-8-16(18)9-7-14/h6-9,15H,2-5,10-12H2,1H3/t15-/m1/s1. The average Bonchev–Trinajstić information content (AvgIpc) is 2.92. The molecule has 1 saturated heterocycles. The average molecular weight is 303 g/mol. The molecule has 1 aromatic heterocycles. The molecule has 3 rings (SSSR count). The number of hydrogen-bond donors (Lipinski definition) is 0. The smallest absolute Gasteiger partial charge is 0.223 e. The van der Waals surface area contributed by atoms with Gasteiger partial charge in [0.05, 0.1) is 6.54 Å². The van der Waals surface area contributed by atoms with Crippen LogP contribution in [0, 0.1) is 18.7 Å². The van der Waals surface area contributed by atoms with E-state index in [-0.39, 0.29) is 5.82 Å². The van der Waals surface area contributed by atoms with Gasteiger partial charge in [0.15, 0.2) is 5.82 Å². The summed E-state index contributed by atoms with van der Waals surface area (Å²) in [4.78, 5) is 6.68. The predicted molar refractivity (Wildman–Crippen MR) is 81.8 cm³/mol. The van der Waals surface area contributed by atoms with Crippen molar-refractivity contribution in [3.63, 3.8) is 0 Å². The van der Waals surface area contributed by atoms with E-state index in [0.29, 0.717) is 11.8 Å². The highest BCUT2D eigenvalue weighted by Gasteiger charge is 2.21. The summed E-state index contributed by atoms with van der Waals surface area (Å²) >= 11 is 0. The molecule has 0 amide bonds. The van der Waals surface area contributed by atoms with Gasteiger partial charge in [-0.1, -0.05) is 17.3 Å². The zero-order valence-corrected chi connectivity index (χ0v) is 13.0. The fourth-order valence-electron chi connectivity index (χ4n) is 3.16. The SMILES string of the molecule is Cc1nc(CN2CCC[C@H](CCc3ccc(F)cc3)C2)no1. The zero-order valence-electron chi connectivity index (χ0n) is 13.0. The maximum Gasteiger partial charge on any atom is 0.223 e. The van der Waals surface area contributed by atoms with Crippen molar-refractivity contribution in [2.24, 2.45) is 5.92 Å². The highest BCUT2D eigenvalue weighted by Crippen LogP contribution is 2.22. The van der Waals surface area contributed by atoms with Crippen molar-refractivity contribution in [2.45, 2.75) is 39.2 Å². The van der Waals surface area contributed by atoms with E-state index in [9.17, 15) is 4.39 Å². The van der Waals surface area contributed by atoms with Crippen LogP contribution in [0.25, 0.3) is 0 Å². The minimum atomic E-state index is -0.164. The second kappa shape index (κ2) is 7.01. The summed E-state index contributed by atoms with van der Waals surface area (Å²) in [6.45, 7) is 4.76. The number of likely N-dealkylation sites (tertiary alicyclic amines) is 1. The van der Waals surface area contributed by atoms with Crippen molar-refractivity contribution in [3.05, 3.63) is 47.4 Å². The van der Waals surface area contributed by atoms with Gasteiger partial charge in [-0.05, 0) is 55.8 Å². The Kier molecular flexibility index (Phi) is 4.83. The quantitative estimate of drug-likeness (QED) is 0.849. The van der Waals surface area contributed by atoms with Crippen molar-refractivity contribution < 1.29 is 8.91 Å². The summed E-state index contributed by atoms with van der Waals surface area (Å²) in [7, 11) is 0. The molecule has 1 aliphatic heterocycles. The van der Waals surface area contributed by atoms with E-state index in [4.69, 9.17) is 4.52 Å². The molecule has 0 radical (unpaired) electrons. The third-order valence-corrected chi connectivity index (χ3v) is 4.29. The van der Waals surface area contributed by atoms with Gasteiger partial charge in [-0.15, -0.1) is 0 Å². The highest BCUT2D eigenvalue weighted by atomic mass is 19.1. The van der Waals surface area contributed by atoms with Gasteiger partial charge in [-0.25, -0.2) is 4.39 Å². The third-order valence-electron chi connectivity index (χ3n) is 4.29. The molecular weight excluding hydrogens is 281 g/mol. The van der Waals surface area contributed by atoms with Crippen molar-refractivity contribution in [3.8, 4) is 0 Å². The highest BCUT2D eigenvalue weighted by molar-refractivity contribution is 5.16. The normalized spacial score (nSPS) is 19.5. The van der Waals surface area contributed by atoms with E-state index in [1.165, 1.54) is 18.4 Å². The molecule has 0 aliphatic carbocycles. The number of nitrogens with zero attached hydrogens (tertiary/aromatic N) is 3. The van der Waals surface area contributed by atoms with Gasteiger partial charge < -0.3 is 4.52 Å².